The molecule has 0 fully saturated rings. The Kier molecular flexibility index (Phi) is 4.73. The third kappa shape index (κ3) is 3.57. The summed E-state index contributed by atoms with van der Waals surface area (Å²) in [4.78, 5) is 4.15. The lowest BCUT2D eigenvalue weighted by Gasteiger charge is -2.26. The van der Waals surface area contributed by atoms with Crippen LogP contribution < -0.4 is 0 Å². The van der Waals surface area contributed by atoms with Crippen LogP contribution in [0.4, 0.5) is 8.78 Å². The number of benzene rings is 1. The summed E-state index contributed by atoms with van der Waals surface area (Å²) in [5.74, 6) is -3.26. The second-order valence-electron chi connectivity index (χ2n) is 6.86. The molecule has 26 heavy (non-hydrogen) atoms. The van der Waals surface area contributed by atoms with Gasteiger partial charge in [-0.1, -0.05) is 36.4 Å². The molecule has 0 aliphatic heterocycles. The topological polar surface area (TPSA) is 36.7 Å². The van der Waals surface area contributed by atoms with Gasteiger partial charge in [0.2, 0.25) is 0 Å². The Balaban J connectivity index is 2.06. The van der Waals surface area contributed by atoms with Gasteiger partial charge in [0.1, 0.15) is 5.69 Å². The fourth-order valence-corrected chi connectivity index (χ4v) is 3.38. The molecule has 0 spiro atoms. The number of nitrogens with zero attached hydrogens (tertiary/aromatic N) is 2. The highest BCUT2D eigenvalue weighted by Gasteiger charge is 2.28. The number of aryl methyl sites for hydroxylation is 1. The molecule has 1 aliphatic rings. The fraction of sp³-hybridized carbons (Fsp3) is 0.273. The smallest absolute Gasteiger partial charge is 0.247 e. The molecular formula is C22H20F2N2. The number of hydrogen-bond donors (Lipinski definition) is 0. The maximum Gasteiger partial charge on any atom is 0.286 e. The molecular weight excluding hydrogens is 330 g/mol. The number of alkyl halides is 2. The Bertz CT molecular complexity index is 916. The molecule has 1 heterocycles. The normalized spacial score (nSPS) is 20.0. The van der Waals surface area contributed by atoms with Gasteiger partial charge in [-0.15, -0.1) is 0 Å². The molecule has 2 atom stereocenters. The molecule has 2 aromatic rings. The molecule has 1 aromatic carbocycles. The van der Waals surface area contributed by atoms with Crippen LogP contribution in [0.2, 0.25) is 0 Å². The van der Waals surface area contributed by atoms with Crippen molar-refractivity contribution in [3.05, 3.63) is 77.5 Å². The Labute approximate surface area is 152 Å². The number of nitriles is 1. The number of allylic oxidation sites excluding steroid dienone is 3. The molecule has 1 aliphatic carbocycles. The van der Waals surface area contributed by atoms with Crippen molar-refractivity contribution >= 4 is 0 Å². The molecule has 0 saturated carbocycles. The van der Waals surface area contributed by atoms with Gasteiger partial charge in [-0.05, 0) is 48.7 Å². The highest BCUT2D eigenvalue weighted by Crippen LogP contribution is 2.38. The van der Waals surface area contributed by atoms with E-state index in [1.54, 1.807) is 12.1 Å². The van der Waals surface area contributed by atoms with Gasteiger partial charge in [-0.3, -0.25) is 0 Å². The molecule has 4 heteroatoms. The van der Waals surface area contributed by atoms with Crippen LogP contribution >= 0.6 is 0 Å². The number of hydrogen-bond acceptors (Lipinski definition) is 2. The molecule has 0 radical (unpaired) electrons. The monoisotopic (exact) mass is 350 g/mol. The maximum atomic E-state index is 13.6. The molecule has 0 N–H and O–H groups in total. The summed E-state index contributed by atoms with van der Waals surface area (Å²) in [5.41, 5.74) is 3.85. The zero-order chi connectivity index (χ0) is 18.9. The summed E-state index contributed by atoms with van der Waals surface area (Å²) in [6.07, 6.45) is 4.68. The number of rotatable bonds is 3. The number of aromatic nitrogens is 1. The van der Waals surface area contributed by atoms with Gasteiger partial charge < -0.3 is 0 Å². The van der Waals surface area contributed by atoms with E-state index in [2.05, 4.69) is 17.6 Å². The first kappa shape index (κ1) is 18.0. The van der Waals surface area contributed by atoms with Crippen molar-refractivity contribution in [3.63, 3.8) is 0 Å². The van der Waals surface area contributed by atoms with E-state index in [0.29, 0.717) is 5.69 Å². The molecule has 2 nitrogen and oxygen atoms in total. The largest absolute Gasteiger partial charge is 0.286 e. The van der Waals surface area contributed by atoms with Crippen LogP contribution in [0.25, 0.3) is 11.3 Å². The molecule has 2 unspecified atom stereocenters. The Morgan fingerprint density at radius 2 is 2.04 bits per heavy atom. The van der Waals surface area contributed by atoms with Crippen molar-refractivity contribution in [2.45, 2.75) is 32.1 Å². The SMILES string of the molecule is C=C1C=CCC(c2cc(C)cc(-c3cccc(C(C)(F)F)n3)c2)C1C#N. The minimum absolute atomic E-state index is 0.00643. The van der Waals surface area contributed by atoms with Crippen molar-refractivity contribution in [1.29, 1.82) is 5.26 Å². The molecule has 1 aromatic heterocycles. The summed E-state index contributed by atoms with van der Waals surface area (Å²) in [6, 6.07) is 12.9. The van der Waals surface area contributed by atoms with Gasteiger partial charge >= 0.3 is 0 Å². The number of pyridine rings is 1. The highest BCUT2D eigenvalue weighted by atomic mass is 19.3. The summed E-state index contributed by atoms with van der Waals surface area (Å²) < 4.78 is 27.2. The zero-order valence-electron chi connectivity index (χ0n) is 14.8. The first-order valence-electron chi connectivity index (χ1n) is 8.52. The van der Waals surface area contributed by atoms with Crippen molar-refractivity contribution in [3.8, 4) is 17.3 Å². The van der Waals surface area contributed by atoms with Crippen molar-refractivity contribution in [1.82, 2.24) is 4.98 Å². The van der Waals surface area contributed by atoms with Crippen LogP contribution in [0, 0.1) is 24.2 Å². The molecule has 132 valence electrons. The quantitative estimate of drug-likeness (QED) is 0.690. The van der Waals surface area contributed by atoms with Crippen LogP contribution in [0.3, 0.4) is 0 Å². The van der Waals surface area contributed by atoms with Gasteiger partial charge in [0.15, 0.2) is 0 Å². The molecule has 0 saturated heterocycles. The highest BCUT2D eigenvalue weighted by molar-refractivity contribution is 5.62. The van der Waals surface area contributed by atoms with Crippen molar-refractivity contribution in [2.75, 3.05) is 0 Å². The van der Waals surface area contributed by atoms with Crippen LogP contribution in [-0.2, 0) is 5.92 Å². The van der Waals surface area contributed by atoms with Crippen LogP contribution in [0.15, 0.2) is 60.7 Å². The van der Waals surface area contributed by atoms with E-state index >= 15 is 0 Å². The Hall–Kier alpha value is -2.80. The second-order valence-corrected chi connectivity index (χ2v) is 6.86. The predicted molar refractivity (Wildman–Crippen MR) is 98.7 cm³/mol. The van der Waals surface area contributed by atoms with E-state index < -0.39 is 5.92 Å². The van der Waals surface area contributed by atoms with Gasteiger partial charge in [0, 0.05) is 18.4 Å². The number of halogens is 2. The summed E-state index contributed by atoms with van der Waals surface area (Å²) in [5, 5.41) is 9.53. The zero-order valence-corrected chi connectivity index (χ0v) is 14.8. The molecule has 0 amide bonds. The third-order valence-electron chi connectivity index (χ3n) is 4.69. The maximum absolute atomic E-state index is 13.6. The van der Waals surface area contributed by atoms with Gasteiger partial charge in [0.25, 0.3) is 5.92 Å². The predicted octanol–water partition coefficient (Wildman–Crippen LogP) is 5.91. The lowest BCUT2D eigenvalue weighted by molar-refractivity contribution is 0.0129. The van der Waals surface area contributed by atoms with Crippen molar-refractivity contribution in [2.24, 2.45) is 5.92 Å². The lowest BCUT2D eigenvalue weighted by Crippen LogP contribution is -2.15. The molecule has 0 bridgehead atoms. The second kappa shape index (κ2) is 6.84. The van der Waals surface area contributed by atoms with Crippen molar-refractivity contribution < 1.29 is 8.78 Å². The Morgan fingerprint density at radius 1 is 1.27 bits per heavy atom. The minimum atomic E-state index is -2.99. The van der Waals surface area contributed by atoms with E-state index in [4.69, 9.17) is 0 Å². The van der Waals surface area contributed by atoms with E-state index in [0.717, 1.165) is 35.6 Å². The fourth-order valence-electron chi connectivity index (χ4n) is 3.38. The summed E-state index contributed by atoms with van der Waals surface area (Å²) >= 11 is 0. The Morgan fingerprint density at radius 3 is 2.73 bits per heavy atom. The van der Waals surface area contributed by atoms with E-state index in [1.807, 2.05) is 37.3 Å². The van der Waals surface area contributed by atoms with Crippen LogP contribution in [-0.4, -0.2) is 4.98 Å². The van der Waals surface area contributed by atoms with Crippen LogP contribution in [0.5, 0.6) is 0 Å². The minimum Gasteiger partial charge on any atom is -0.247 e. The lowest BCUT2D eigenvalue weighted by atomic mass is 9.76. The third-order valence-corrected chi connectivity index (χ3v) is 4.69. The van der Waals surface area contributed by atoms with E-state index in [1.165, 1.54) is 6.07 Å². The van der Waals surface area contributed by atoms with Gasteiger partial charge in [-0.25, -0.2) is 4.98 Å². The summed E-state index contributed by atoms with van der Waals surface area (Å²) in [7, 11) is 0. The first-order chi connectivity index (χ1) is 12.3. The van der Waals surface area contributed by atoms with E-state index in [9.17, 15) is 14.0 Å². The van der Waals surface area contributed by atoms with Gasteiger partial charge in [0.05, 0.1) is 17.7 Å². The van der Waals surface area contributed by atoms with Crippen LogP contribution in [0.1, 0.15) is 36.1 Å². The van der Waals surface area contributed by atoms with Gasteiger partial charge in [-0.2, -0.15) is 14.0 Å². The standard InChI is InChI=1S/C22H20F2N2/c1-14-10-16(18-7-4-6-15(2)19(18)13-25)12-17(11-14)20-8-5-9-21(26-20)22(3,23)24/h4-6,8-12,18-19H,2,7H2,1,3H3. The molecule has 3 rings (SSSR count). The van der Waals surface area contributed by atoms with E-state index in [-0.39, 0.29) is 17.5 Å². The average Bonchev–Trinajstić information content (AvgIpc) is 2.60. The first-order valence-corrected chi connectivity index (χ1v) is 8.52. The average molecular weight is 350 g/mol. The summed E-state index contributed by atoms with van der Waals surface area (Å²) in [6.45, 7) is 6.78.